The van der Waals surface area contributed by atoms with Crippen molar-refractivity contribution in [1.82, 2.24) is 0 Å². The summed E-state index contributed by atoms with van der Waals surface area (Å²) in [6, 6.07) is 0.766. The zero-order valence-corrected chi connectivity index (χ0v) is 8.39. The van der Waals surface area contributed by atoms with Crippen molar-refractivity contribution in [3.05, 3.63) is 0 Å². The van der Waals surface area contributed by atoms with Crippen molar-refractivity contribution < 1.29 is 5.73 Å². The normalized spacial score (nSPS) is 62.5. The maximum absolute atomic E-state index is 4.86. The molecule has 0 heterocycles. The van der Waals surface area contributed by atoms with E-state index in [0.29, 0.717) is 4.75 Å². The molecule has 0 aromatic heterocycles. The van der Waals surface area contributed by atoms with Gasteiger partial charge >= 0.3 is 0 Å². The minimum absolute atomic E-state index is 0.435. The van der Waals surface area contributed by atoms with Crippen molar-refractivity contribution in [3.63, 3.8) is 0 Å². The molecular formula is C10H18NS+. The predicted octanol–water partition coefficient (Wildman–Crippen LogP) is 1.11. The third-order valence-corrected chi connectivity index (χ3v) is 4.98. The first-order valence-corrected chi connectivity index (χ1v) is 5.66. The van der Waals surface area contributed by atoms with Gasteiger partial charge in [0.25, 0.3) is 0 Å². The van der Waals surface area contributed by atoms with Crippen LogP contribution >= 0.6 is 12.6 Å². The van der Waals surface area contributed by atoms with Gasteiger partial charge < -0.3 is 5.73 Å². The zero-order chi connectivity index (χ0) is 8.34. The second kappa shape index (κ2) is 2.21. The van der Waals surface area contributed by atoms with Gasteiger partial charge in [-0.15, -0.1) is 0 Å². The Morgan fingerprint density at radius 1 is 1.08 bits per heavy atom. The molecule has 12 heavy (non-hydrogen) atoms. The molecule has 0 aromatic rings. The number of rotatable bonds is 0. The maximum atomic E-state index is 4.86. The first-order valence-electron chi connectivity index (χ1n) is 5.22. The van der Waals surface area contributed by atoms with Gasteiger partial charge in [0.15, 0.2) is 0 Å². The van der Waals surface area contributed by atoms with E-state index in [4.69, 9.17) is 12.6 Å². The average molecular weight is 184 g/mol. The van der Waals surface area contributed by atoms with Gasteiger partial charge in [-0.3, -0.25) is 0 Å². The van der Waals surface area contributed by atoms with Crippen molar-refractivity contribution in [2.45, 2.75) is 42.9 Å². The van der Waals surface area contributed by atoms with E-state index in [0.717, 1.165) is 23.8 Å². The molecular weight excluding hydrogens is 166 g/mol. The molecule has 5 atom stereocenters. The molecule has 1 nitrogen and oxygen atoms in total. The van der Waals surface area contributed by atoms with Gasteiger partial charge in [0.1, 0.15) is 0 Å². The lowest BCUT2D eigenvalue weighted by molar-refractivity contribution is -0.462. The molecule has 0 amide bonds. The van der Waals surface area contributed by atoms with Crippen LogP contribution in [0.4, 0.5) is 0 Å². The van der Waals surface area contributed by atoms with E-state index in [1.165, 1.54) is 32.1 Å². The lowest BCUT2D eigenvalue weighted by atomic mass is 9.54. The van der Waals surface area contributed by atoms with Crippen LogP contribution in [-0.4, -0.2) is 10.8 Å². The topological polar surface area (TPSA) is 27.6 Å². The molecule has 0 aromatic carbocycles. The van der Waals surface area contributed by atoms with Gasteiger partial charge in [0.2, 0.25) is 0 Å². The highest BCUT2D eigenvalue weighted by Crippen LogP contribution is 2.57. The van der Waals surface area contributed by atoms with E-state index in [1.807, 2.05) is 0 Å². The summed E-state index contributed by atoms with van der Waals surface area (Å²) in [6.45, 7) is 0. The van der Waals surface area contributed by atoms with Crippen molar-refractivity contribution in [3.8, 4) is 0 Å². The van der Waals surface area contributed by atoms with Gasteiger partial charge in [-0.2, -0.15) is 12.6 Å². The molecule has 3 unspecified atom stereocenters. The summed E-state index contributed by atoms with van der Waals surface area (Å²) in [5, 5.41) is 0. The summed E-state index contributed by atoms with van der Waals surface area (Å²) < 4.78 is 0.435. The number of quaternary nitrogens is 1. The smallest absolute Gasteiger partial charge is 0.0901 e. The van der Waals surface area contributed by atoms with E-state index in [9.17, 15) is 0 Å². The summed E-state index contributed by atoms with van der Waals surface area (Å²) in [4.78, 5) is 0. The fourth-order valence-electron chi connectivity index (χ4n) is 4.09. The molecule has 0 spiro atoms. The Kier molecular flexibility index (Phi) is 1.42. The van der Waals surface area contributed by atoms with E-state index in [1.54, 1.807) is 0 Å². The molecule has 3 N–H and O–H groups in total. The number of thiol groups is 1. The standard InChI is InChI=1S/C10H17NS/c11-9-7-1-6-2-8(9)5-10(12,3-6)4-7/h6-9,12H,1-5,11H2/p+1/t6?,7-,8+,9?,10?. The minimum Gasteiger partial charge on any atom is -0.355 e. The Morgan fingerprint density at radius 2 is 1.67 bits per heavy atom. The van der Waals surface area contributed by atoms with E-state index < -0.39 is 0 Å². The summed E-state index contributed by atoms with van der Waals surface area (Å²) in [6.07, 6.45) is 7.05. The van der Waals surface area contributed by atoms with Gasteiger partial charge in [0.05, 0.1) is 6.04 Å². The SMILES string of the molecule is [NH3+]C1[C@@H]2CC3C[C@H]1CC(S)(C3)C2. The Balaban J connectivity index is 1.95. The summed E-state index contributed by atoms with van der Waals surface area (Å²) >= 11 is 4.86. The Hall–Kier alpha value is 0.310. The largest absolute Gasteiger partial charge is 0.355 e. The Bertz CT molecular complexity index is 200. The monoisotopic (exact) mass is 184 g/mol. The van der Waals surface area contributed by atoms with E-state index in [2.05, 4.69) is 5.73 Å². The number of hydrogen-bond acceptors (Lipinski definition) is 1. The molecule has 0 aliphatic heterocycles. The van der Waals surface area contributed by atoms with Crippen LogP contribution in [0.1, 0.15) is 32.1 Å². The third kappa shape index (κ3) is 0.912. The van der Waals surface area contributed by atoms with Crippen LogP contribution in [0.25, 0.3) is 0 Å². The highest BCUT2D eigenvalue weighted by Gasteiger charge is 2.54. The Morgan fingerprint density at radius 3 is 2.17 bits per heavy atom. The molecule has 4 bridgehead atoms. The number of hydrogen-bond donors (Lipinski definition) is 2. The van der Waals surface area contributed by atoms with Crippen molar-refractivity contribution in [2.24, 2.45) is 17.8 Å². The summed E-state index contributed by atoms with van der Waals surface area (Å²) in [5.74, 6) is 2.86. The van der Waals surface area contributed by atoms with Gasteiger partial charge in [-0.25, -0.2) is 0 Å². The first-order chi connectivity index (χ1) is 5.66. The highest BCUT2D eigenvalue weighted by atomic mass is 32.1. The van der Waals surface area contributed by atoms with Gasteiger partial charge in [0, 0.05) is 16.6 Å². The fourth-order valence-corrected chi connectivity index (χ4v) is 4.81. The van der Waals surface area contributed by atoms with Crippen LogP contribution in [0.3, 0.4) is 0 Å². The molecule has 2 heteroatoms. The van der Waals surface area contributed by atoms with Crippen molar-refractivity contribution >= 4 is 12.6 Å². The average Bonchev–Trinajstić information content (AvgIpc) is 1.96. The molecule has 0 radical (unpaired) electrons. The second-order valence-corrected chi connectivity index (χ2v) is 6.31. The van der Waals surface area contributed by atoms with Gasteiger partial charge in [-0.1, -0.05) is 0 Å². The van der Waals surface area contributed by atoms with E-state index in [-0.39, 0.29) is 0 Å². The van der Waals surface area contributed by atoms with Crippen LogP contribution in [0.15, 0.2) is 0 Å². The van der Waals surface area contributed by atoms with Crippen LogP contribution in [0, 0.1) is 17.8 Å². The highest BCUT2D eigenvalue weighted by molar-refractivity contribution is 7.81. The van der Waals surface area contributed by atoms with Crippen molar-refractivity contribution in [1.29, 1.82) is 0 Å². The third-order valence-electron chi connectivity index (χ3n) is 4.44. The zero-order valence-electron chi connectivity index (χ0n) is 7.50. The van der Waals surface area contributed by atoms with Gasteiger partial charge in [-0.05, 0) is 38.0 Å². The van der Waals surface area contributed by atoms with Crippen LogP contribution in [0.2, 0.25) is 0 Å². The minimum atomic E-state index is 0.435. The molecule has 4 fully saturated rings. The lowest BCUT2D eigenvalue weighted by Crippen LogP contribution is -2.74. The van der Waals surface area contributed by atoms with Crippen LogP contribution < -0.4 is 5.73 Å². The summed E-state index contributed by atoms with van der Waals surface area (Å²) in [5.41, 5.74) is 4.33. The second-order valence-electron chi connectivity index (χ2n) is 5.36. The Labute approximate surface area is 79.5 Å². The molecule has 68 valence electrons. The fraction of sp³-hybridized carbons (Fsp3) is 1.00. The molecule has 4 saturated carbocycles. The summed E-state index contributed by atoms with van der Waals surface area (Å²) in [7, 11) is 0. The molecule has 4 aliphatic carbocycles. The van der Waals surface area contributed by atoms with Crippen LogP contribution in [-0.2, 0) is 0 Å². The van der Waals surface area contributed by atoms with Crippen molar-refractivity contribution in [2.75, 3.05) is 0 Å². The van der Waals surface area contributed by atoms with E-state index >= 15 is 0 Å². The maximum Gasteiger partial charge on any atom is 0.0901 e. The lowest BCUT2D eigenvalue weighted by Gasteiger charge is -2.56. The quantitative estimate of drug-likeness (QED) is 0.528. The van der Waals surface area contributed by atoms with Crippen LogP contribution in [0.5, 0.6) is 0 Å². The molecule has 4 aliphatic rings. The molecule has 4 rings (SSSR count). The first kappa shape index (κ1) is 7.69. The predicted molar refractivity (Wildman–Crippen MR) is 51.9 cm³/mol. The molecule has 0 saturated heterocycles.